The zero-order chi connectivity index (χ0) is 18.2. The first kappa shape index (κ1) is 19.4. The van der Waals surface area contributed by atoms with E-state index in [1.807, 2.05) is 6.92 Å². The standard InChI is InChI=1S/C17H16Cl2FN3OS/c1-2-21-17(25)23-22-9-12-7-14(18)16(15(19)8-12)24-10-11-3-5-13(20)6-4-11/h3-9H,2,10H2,1H3,(H2,21,23,25). The molecule has 0 saturated heterocycles. The number of nitrogens with zero attached hydrogens (tertiary/aromatic N) is 1. The lowest BCUT2D eigenvalue weighted by atomic mass is 10.2. The van der Waals surface area contributed by atoms with Crippen molar-refractivity contribution >= 4 is 46.7 Å². The number of benzene rings is 2. The molecule has 0 amide bonds. The molecule has 0 aliphatic heterocycles. The molecular formula is C17H16Cl2FN3OS. The van der Waals surface area contributed by atoms with E-state index in [-0.39, 0.29) is 12.4 Å². The molecular weight excluding hydrogens is 384 g/mol. The van der Waals surface area contributed by atoms with Crippen LogP contribution >= 0.6 is 35.4 Å². The van der Waals surface area contributed by atoms with Crippen molar-refractivity contribution in [1.29, 1.82) is 0 Å². The third-order valence-corrected chi connectivity index (χ3v) is 3.83. The Balaban J connectivity index is 2.02. The van der Waals surface area contributed by atoms with Gasteiger partial charge in [-0.2, -0.15) is 5.10 Å². The summed E-state index contributed by atoms with van der Waals surface area (Å²) in [6, 6.07) is 9.36. The second kappa shape index (κ2) is 9.56. The van der Waals surface area contributed by atoms with Gasteiger partial charge >= 0.3 is 0 Å². The van der Waals surface area contributed by atoms with Gasteiger partial charge in [-0.15, -0.1) is 0 Å². The molecule has 2 aromatic rings. The van der Waals surface area contributed by atoms with E-state index in [9.17, 15) is 4.39 Å². The van der Waals surface area contributed by atoms with E-state index >= 15 is 0 Å². The maximum Gasteiger partial charge on any atom is 0.186 e. The van der Waals surface area contributed by atoms with Crippen molar-refractivity contribution < 1.29 is 9.13 Å². The molecule has 132 valence electrons. The molecule has 8 heteroatoms. The van der Waals surface area contributed by atoms with Gasteiger partial charge in [-0.25, -0.2) is 4.39 Å². The van der Waals surface area contributed by atoms with Crippen LogP contribution in [0.15, 0.2) is 41.5 Å². The predicted molar refractivity (Wildman–Crippen MR) is 104 cm³/mol. The fourth-order valence-electron chi connectivity index (χ4n) is 1.89. The lowest BCUT2D eigenvalue weighted by molar-refractivity contribution is 0.306. The zero-order valence-electron chi connectivity index (χ0n) is 13.4. The molecule has 0 fully saturated rings. The van der Waals surface area contributed by atoms with Crippen molar-refractivity contribution in [3.63, 3.8) is 0 Å². The number of nitrogens with one attached hydrogen (secondary N) is 2. The minimum atomic E-state index is -0.300. The number of rotatable bonds is 6. The Bertz CT molecular complexity index is 746. The van der Waals surface area contributed by atoms with Crippen LogP contribution in [0.25, 0.3) is 0 Å². The first-order chi connectivity index (χ1) is 12.0. The summed E-state index contributed by atoms with van der Waals surface area (Å²) < 4.78 is 18.6. The first-order valence-electron chi connectivity index (χ1n) is 7.42. The highest BCUT2D eigenvalue weighted by atomic mass is 35.5. The lowest BCUT2D eigenvalue weighted by Crippen LogP contribution is -2.31. The van der Waals surface area contributed by atoms with E-state index < -0.39 is 0 Å². The maximum atomic E-state index is 12.9. The molecule has 0 radical (unpaired) electrons. The number of ether oxygens (including phenoxy) is 1. The number of hydrogen-bond donors (Lipinski definition) is 2. The Morgan fingerprint density at radius 2 is 1.88 bits per heavy atom. The molecule has 0 atom stereocenters. The topological polar surface area (TPSA) is 45.7 Å². The second-order valence-corrected chi connectivity index (χ2v) is 6.18. The van der Waals surface area contributed by atoms with Crippen LogP contribution in [-0.4, -0.2) is 17.9 Å². The Kier molecular flexibility index (Phi) is 7.43. The van der Waals surface area contributed by atoms with Crippen molar-refractivity contribution in [2.45, 2.75) is 13.5 Å². The van der Waals surface area contributed by atoms with E-state index in [4.69, 9.17) is 40.2 Å². The molecule has 0 aromatic heterocycles. The fourth-order valence-corrected chi connectivity index (χ4v) is 2.70. The molecule has 0 aliphatic carbocycles. The highest BCUT2D eigenvalue weighted by molar-refractivity contribution is 7.80. The molecule has 2 rings (SSSR count). The van der Waals surface area contributed by atoms with Crippen molar-refractivity contribution in [2.24, 2.45) is 5.10 Å². The SMILES string of the molecule is CCNC(=S)NN=Cc1cc(Cl)c(OCc2ccc(F)cc2)c(Cl)c1. The van der Waals surface area contributed by atoms with Gasteiger partial charge in [0.05, 0.1) is 16.3 Å². The molecule has 0 spiro atoms. The summed E-state index contributed by atoms with van der Waals surface area (Å²) >= 11 is 17.5. The molecule has 4 nitrogen and oxygen atoms in total. The highest BCUT2D eigenvalue weighted by Gasteiger charge is 2.09. The normalized spacial score (nSPS) is 10.7. The summed E-state index contributed by atoms with van der Waals surface area (Å²) in [5.41, 5.74) is 4.18. The van der Waals surface area contributed by atoms with Crippen LogP contribution in [-0.2, 0) is 6.61 Å². The molecule has 0 heterocycles. The van der Waals surface area contributed by atoms with Gasteiger partial charge in [-0.1, -0.05) is 35.3 Å². The van der Waals surface area contributed by atoms with Gasteiger partial charge in [0, 0.05) is 6.54 Å². The van der Waals surface area contributed by atoms with E-state index in [2.05, 4.69) is 15.8 Å². The molecule has 0 bridgehead atoms. The first-order valence-corrected chi connectivity index (χ1v) is 8.59. The van der Waals surface area contributed by atoms with E-state index in [1.165, 1.54) is 12.1 Å². The minimum absolute atomic E-state index is 0.228. The average Bonchev–Trinajstić information content (AvgIpc) is 2.56. The van der Waals surface area contributed by atoms with Gasteiger partial charge in [0.1, 0.15) is 12.4 Å². The Morgan fingerprint density at radius 1 is 1.24 bits per heavy atom. The molecule has 2 N–H and O–H groups in total. The van der Waals surface area contributed by atoms with Gasteiger partial charge in [0.2, 0.25) is 0 Å². The van der Waals surface area contributed by atoms with E-state index in [0.29, 0.717) is 33.0 Å². The number of hydrogen-bond acceptors (Lipinski definition) is 3. The predicted octanol–water partition coefficient (Wildman–Crippen LogP) is 4.53. The van der Waals surface area contributed by atoms with Crippen molar-refractivity contribution in [2.75, 3.05) is 6.54 Å². The second-order valence-electron chi connectivity index (χ2n) is 4.96. The monoisotopic (exact) mass is 399 g/mol. The van der Waals surface area contributed by atoms with Gasteiger partial charge in [0.15, 0.2) is 10.9 Å². The summed E-state index contributed by atoms with van der Waals surface area (Å²) in [6.07, 6.45) is 1.55. The van der Waals surface area contributed by atoms with Crippen LogP contribution in [0, 0.1) is 5.82 Å². The smallest absolute Gasteiger partial charge is 0.186 e. The Hall–Kier alpha value is -1.89. The fraction of sp³-hybridized carbons (Fsp3) is 0.176. The van der Waals surface area contributed by atoms with Crippen LogP contribution in [0.2, 0.25) is 10.0 Å². The molecule has 0 unspecified atom stereocenters. The summed E-state index contributed by atoms with van der Waals surface area (Å²) in [7, 11) is 0. The van der Waals surface area contributed by atoms with E-state index in [1.54, 1.807) is 30.5 Å². The molecule has 25 heavy (non-hydrogen) atoms. The largest absolute Gasteiger partial charge is 0.486 e. The molecule has 2 aromatic carbocycles. The highest BCUT2D eigenvalue weighted by Crippen LogP contribution is 2.34. The number of thiocarbonyl (C=S) groups is 1. The Labute approximate surface area is 161 Å². The maximum absolute atomic E-state index is 12.9. The van der Waals surface area contributed by atoms with Crippen molar-refractivity contribution in [1.82, 2.24) is 10.7 Å². The van der Waals surface area contributed by atoms with Crippen LogP contribution in [0.4, 0.5) is 4.39 Å². The van der Waals surface area contributed by atoms with Crippen LogP contribution in [0.3, 0.4) is 0 Å². The zero-order valence-corrected chi connectivity index (χ0v) is 15.7. The van der Waals surface area contributed by atoms with Gasteiger partial charge in [-0.05, 0) is 54.5 Å². The molecule has 0 saturated carbocycles. The van der Waals surface area contributed by atoms with Gasteiger partial charge < -0.3 is 10.1 Å². The average molecular weight is 400 g/mol. The van der Waals surface area contributed by atoms with Crippen LogP contribution in [0.5, 0.6) is 5.75 Å². The summed E-state index contributed by atoms with van der Waals surface area (Å²) in [5, 5.41) is 8.04. The quantitative estimate of drug-likeness (QED) is 0.425. The molecule has 0 aliphatic rings. The summed E-state index contributed by atoms with van der Waals surface area (Å²) in [5.74, 6) is 0.0617. The van der Waals surface area contributed by atoms with Gasteiger partial charge in [0.25, 0.3) is 0 Å². The van der Waals surface area contributed by atoms with Crippen LogP contribution < -0.4 is 15.5 Å². The summed E-state index contributed by atoms with van der Waals surface area (Å²) in [6.45, 7) is 2.87. The third kappa shape index (κ3) is 6.16. The number of halogens is 3. The van der Waals surface area contributed by atoms with Gasteiger partial charge in [-0.3, -0.25) is 5.43 Å². The summed E-state index contributed by atoms with van der Waals surface area (Å²) in [4.78, 5) is 0. The Morgan fingerprint density at radius 3 is 2.48 bits per heavy atom. The minimum Gasteiger partial charge on any atom is -0.486 e. The number of hydrazone groups is 1. The van der Waals surface area contributed by atoms with Crippen LogP contribution in [0.1, 0.15) is 18.1 Å². The van der Waals surface area contributed by atoms with Crippen molar-refractivity contribution in [3.8, 4) is 5.75 Å². The van der Waals surface area contributed by atoms with E-state index in [0.717, 1.165) is 5.56 Å². The lowest BCUT2D eigenvalue weighted by Gasteiger charge is -2.11. The third-order valence-electron chi connectivity index (χ3n) is 3.03. The van der Waals surface area contributed by atoms with Crippen molar-refractivity contribution in [3.05, 3.63) is 63.4 Å².